The van der Waals surface area contributed by atoms with Gasteiger partial charge in [0.2, 0.25) is 0 Å². The first-order valence-electron chi connectivity index (χ1n) is 6.52. The molecule has 1 saturated heterocycles. The van der Waals surface area contributed by atoms with E-state index in [9.17, 15) is 4.79 Å². The minimum absolute atomic E-state index is 0.260. The van der Waals surface area contributed by atoms with Gasteiger partial charge >= 0.3 is 0 Å². The summed E-state index contributed by atoms with van der Waals surface area (Å²) in [6, 6.07) is 1.95. The number of hydrogen-bond donors (Lipinski definition) is 2. The van der Waals surface area contributed by atoms with Crippen molar-refractivity contribution in [1.82, 2.24) is 15.3 Å². The zero-order chi connectivity index (χ0) is 14.8. The van der Waals surface area contributed by atoms with Crippen LogP contribution in [0.1, 0.15) is 10.5 Å². The highest BCUT2D eigenvalue weighted by atomic mass is 79.9. The topological polar surface area (TPSA) is 84.1 Å². The van der Waals surface area contributed by atoms with E-state index < -0.39 is 5.91 Å². The predicted molar refractivity (Wildman–Crippen MR) is 86.6 cm³/mol. The summed E-state index contributed by atoms with van der Waals surface area (Å²) in [6.45, 7) is 3.71. The normalized spacial score (nSPS) is 15.2. The van der Waals surface area contributed by atoms with Crippen LogP contribution in [0.15, 0.2) is 22.2 Å². The third-order valence-corrected chi connectivity index (χ3v) is 4.88. The Morgan fingerprint density at radius 1 is 1.43 bits per heavy atom. The van der Waals surface area contributed by atoms with Crippen LogP contribution in [0.4, 0.5) is 5.69 Å². The van der Waals surface area contributed by atoms with Crippen molar-refractivity contribution < 1.29 is 4.79 Å². The Balaban J connectivity index is 2.03. The largest absolute Gasteiger partial charge is 0.368 e. The highest BCUT2D eigenvalue weighted by Crippen LogP contribution is 2.31. The monoisotopic (exact) mass is 367 g/mol. The second kappa shape index (κ2) is 6.08. The molecule has 0 aliphatic carbocycles. The predicted octanol–water partition coefficient (Wildman–Crippen LogP) is 1.48. The molecule has 0 unspecified atom stereocenters. The third-order valence-electron chi connectivity index (χ3n) is 3.30. The van der Waals surface area contributed by atoms with Crippen molar-refractivity contribution in [1.29, 1.82) is 0 Å². The number of aromatic nitrogens is 2. The van der Waals surface area contributed by atoms with Crippen molar-refractivity contribution in [2.75, 3.05) is 31.1 Å². The number of anilines is 1. The van der Waals surface area contributed by atoms with Crippen LogP contribution in [0.3, 0.4) is 0 Å². The quantitative estimate of drug-likeness (QED) is 0.857. The lowest BCUT2D eigenvalue weighted by Crippen LogP contribution is -2.43. The molecular formula is C13H14BrN5OS. The molecule has 1 aliphatic rings. The number of nitrogens with zero attached hydrogens (tertiary/aromatic N) is 3. The number of rotatable bonds is 3. The van der Waals surface area contributed by atoms with Gasteiger partial charge in [-0.3, -0.25) is 4.79 Å². The van der Waals surface area contributed by atoms with Gasteiger partial charge in [-0.1, -0.05) is 0 Å². The number of carbonyl (C=O) groups excluding carboxylic acids is 1. The van der Waals surface area contributed by atoms with Crippen LogP contribution in [0, 0.1) is 0 Å². The van der Waals surface area contributed by atoms with Crippen molar-refractivity contribution in [2.24, 2.45) is 5.73 Å². The molecule has 2 aromatic heterocycles. The van der Waals surface area contributed by atoms with Crippen LogP contribution >= 0.6 is 27.3 Å². The molecule has 21 heavy (non-hydrogen) atoms. The fraction of sp³-hybridized carbons (Fsp3) is 0.308. The lowest BCUT2D eigenvalue weighted by Gasteiger charge is -2.29. The molecule has 1 amide bonds. The molecule has 1 aliphatic heterocycles. The van der Waals surface area contributed by atoms with Gasteiger partial charge in [0.25, 0.3) is 5.91 Å². The van der Waals surface area contributed by atoms with Gasteiger partial charge in [-0.15, -0.1) is 11.3 Å². The summed E-state index contributed by atoms with van der Waals surface area (Å²) in [5.74, 6) is -0.539. The fourth-order valence-electron chi connectivity index (χ4n) is 2.29. The summed E-state index contributed by atoms with van der Waals surface area (Å²) in [7, 11) is 0. The van der Waals surface area contributed by atoms with Gasteiger partial charge < -0.3 is 16.0 Å². The lowest BCUT2D eigenvalue weighted by molar-refractivity contribution is 0.0996. The van der Waals surface area contributed by atoms with E-state index in [0.717, 1.165) is 41.5 Å². The summed E-state index contributed by atoms with van der Waals surface area (Å²) in [5, 5.41) is 5.92. The molecule has 0 aromatic carbocycles. The first-order chi connectivity index (χ1) is 10.1. The van der Waals surface area contributed by atoms with Gasteiger partial charge in [0.15, 0.2) is 0 Å². The van der Waals surface area contributed by atoms with Gasteiger partial charge in [-0.05, 0) is 22.0 Å². The highest BCUT2D eigenvalue weighted by molar-refractivity contribution is 9.10. The number of nitrogens with two attached hydrogens (primary N) is 1. The van der Waals surface area contributed by atoms with Crippen LogP contribution in [-0.4, -0.2) is 42.1 Å². The number of amides is 1. The van der Waals surface area contributed by atoms with E-state index in [1.165, 1.54) is 11.3 Å². The average Bonchev–Trinajstić information content (AvgIpc) is 2.94. The van der Waals surface area contributed by atoms with Crippen molar-refractivity contribution in [3.8, 4) is 10.6 Å². The number of piperazine rings is 1. The number of halogens is 1. The Kier molecular flexibility index (Phi) is 4.18. The summed E-state index contributed by atoms with van der Waals surface area (Å²) in [4.78, 5) is 22.4. The Bertz CT molecular complexity index is 668. The van der Waals surface area contributed by atoms with Crippen molar-refractivity contribution in [3.63, 3.8) is 0 Å². The molecule has 0 radical (unpaired) electrons. The highest BCUT2D eigenvalue weighted by Gasteiger charge is 2.18. The molecule has 110 valence electrons. The van der Waals surface area contributed by atoms with Gasteiger partial charge in [-0.25, -0.2) is 9.97 Å². The lowest BCUT2D eigenvalue weighted by atomic mass is 10.1. The Morgan fingerprint density at radius 2 is 2.19 bits per heavy atom. The van der Waals surface area contributed by atoms with E-state index in [1.54, 1.807) is 6.20 Å². The fourth-order valence-corrected chi connectivity index (χ4v) is 3.56. The van der Waals surface area contributed by atoms with Crippen LogP contribution in [0.2, 0.25) is 0 Å². The number of primary amides is 1. The van der Waals surface area contributed by atoms with Gasteiger partial charge in [0.05, 0.1) is 11.9 Å². The molecule has 3 N–H and O–H groups in total. The van der Waals surface area contributed by atoms with Crippen LogP contribution in [0.25, 0.3) is 10.6 Å². The minimum atomic E-state index is -0.539. The zero-order valence-corrected chi connectivity index (χ0v) is 13.6. The minimum Gasteiger partial charge on any atom is -0.368 e. The van der Waals surface area contributed by atoms with Gasteiger partial charge in [0.1, 0.15) is 15.3 Å². The summed E-state index contributed by atoms with van der Waals surface area (Å²) < 4.78 is 0.741. The molecule has 1 fully saturated rings. The molecule has 3 heterocycles. The Hall–Kier alpha value is -1.51. The number of pyridine rings is 1. The first-order valence-corrected chi connectivity index (χ1v) is 8.19. The first kappa shape index (κ1) is 14.4. The molecule has 0 saturated carbocycles. The van der Waals surface area contributed by atoms with Crippen molar-refractivity contribution in [3.05, 3.63) is 27.9 Å². The van der Waals surface area contributed by atoms with E-state index in [2.05, 4.69) is 36.1 Å². The standard InChI is InChI=1S/C13H14BrN5OS/c14-10-7-21-13(18-10)9-5-8(6-17-11(9)12(15)20)19-3-1-16-2-4-19/h5-7,16H,1-4H2,(H2,15,20). The van der Waals surface area contributed by atoms with Crippen molar-refractivity contribution in [2.45, 2.75) is 0 Å². The molecule has 6 nitrogen and oxygen atoms in total. The Labute approximate surface area is 134 Å². The van der Waals surface area contributed by atoms with Crippen molar-refractivity contribution >= 4 is 38.9 Å². The van der Waals surface area contributed by atoms with Crippen LogP contribution in [-0.2, 0) is 0 Å². The molecule has 3 rings (SSSR count). The number of thiazole rings is 1. The van der Waals surface area contributed by atoms with Crippen LogP contribution < -0.4 is 16.0 Å². The van der Waals surface area contributed by atoms with E-state index in [0.29, 0.717) is 5.56 Å². The maximum atomic E-state index is 11.6. The summed E-state index contributed by atoms with van der Waals surface area (Å²) >= 11 is 4.78. The molecule has 0 spiro atoms. The summed E-state index contributed by atoms with van der Waals surface area (Å²) in [6.07, 6.45) is 1.71. The molecule has 2 aromatic rings. The average molecular weight is 368 g/mol. The smallest absolute Gasteiger partial charge is 0.268 e. The second-order valence-corrected chi connectivity index (χ2v) is 6.34. The number of nitrogens with one attached hydrogen (secondary N) is 1. The van der Waals surface area contributed by atoms with Gasteiger partial charge in [-0.2, -0.15) is 0 Å². The third kappa shape index (κ3) is 3.07. The van der Waals surface area contributed by atoms with Gasteiger partial charge in [0, 0.05) is 37.1 Å². The Morgan fingerprint density at radius 3 is 2.81 bits per heavy atom. The molecule has 0 bridgehead atoms. The maximum Gasteiger partial charge on any atom is 0.268 e. The molecule has 0 atom stereocenters. The van der Waals surface area contributed by atoms with E-state index >= 15 is 0 Å². The SMILES string of the molecule is NC(=O)c1ncc(N2CCNCC2)cc1-c1nc(Br)cs1. The maximum absolute atomic E-state index is 11.6. The van der Waals surface area contributed by atoms with E-state index in [1.807, 2.05) is 11.4 Å². The second-order valence-electron chi connectivity index (χ2n) is 4.67. The van der Waals surface area contributed by atoms with E-state index in [4.69, 9.17) is 5.73 Å². The van der Waals surface area contributed by atoms with Crippen LogP contribution in [0.5, 0.6) is 0 Å². The molecule has 8 heteroatoms. The number of carbonyl (C=O) groups is 1. The summed E-state index contributed by atoms with van der Waals surface area (Å²) in [5.41, 5.74) is 7.37. The zero-order valence-electron chi connectivity index (χ0n) is 11.2. The molecular weight excluding hydrogens is 354 g/mol. The van der Waals surface area contributed by atoms with E-state index in [-0.39, 0.29) is 5.69 Å². The number of hydrogen-bond acceptors (Lipinski definition) is 6.